The normalized spacial score (nSPS) is 16.5. The third-order valence-corrected chi connectivity index (χ3v) is 7.44. The minimum absolute atomic E-state index is 0.0648. The number of rotatable bonds is 9. The van der Waals surface area contributed by atoms with Crippen molar-refractivity contribution in [2.75, 3.05) is 43.4 Å². The largest absolute Gasteiger partial charge is 0.366 e. The van der Waals surface area contributed by atoms with E-state index in [1.807, 2.05) is 31.2 Å². The van der Waals surface area contributed by atoms with Crippen molar-refractivity contribution in [1.82, 2.24) is 19.8 Å². The van der Waals surface area contributed by atoms with Gasteiger partial charge in [0.25, 0.3) is 5.56 Å². The number of carbonyl (C=O) groups excluding carboxylic acids is 1. The standard InChI is InChI=1S/C27H35N5O2S/c1-4-31-24-12-6-5-11-23(24)29-26(27(31)34)35-19-25(33)28-13-8-14-30-15-16-32(21(3)18-30)22-10-7-9-20(2)17-22/h5-7,9-12,17,21H,4,8,13-16,18-19H2,1-3H3,(H,28,33)/t21-/m0/s1. The lowest BCUT2D eigenvalue weighted by Crippen LogP contribution is -2.52. The first kappa shape index (κ1) is 25.3. The van der Waals surface area contributed by atoms with Gasteiger partial charge in [0, 0.05) is 44.5 Å². The van der Waals surface area contributed by atoms with Gasteiger partial charge in [0.15, 0.2) is 5.03 Å². The van der Waals surface area contributed by atoms with E-state index in [9.17, 15) is 9.59 Å². The molecule has 1 fully saturated rings. The van der Waals surface area contributed by atoms with Crippen molar-refractivity contribution in [1.29, 1.82) is 0 Å². The molecule has 1 amide bonds. The van der Waals surface area contributed by atoms with Gasteiger partial charge in [0.2, 0.25) is 5.91 Å². The highest BCUT2D eigenvalue weighted by Crippen LogP contribution is 2.21. The van der Waals surface area contributed by atoms with Crippen LogP contribution >= 0.6 is 11.8 Å². The summed E-state index contributed by atoms with van der Waals surface area (Å²) >= 11 is 1.21. The molecular weight excluding hydrogens is 458 g/mol. The summed E-state index contributed by atoms with van der Waals surface area (Å²) in [6.07, 6.45) is 0.907. The van der Waals surface area contributed by atoms with Gasteiger partial charge in [-0.3, -0.25) is 14.5 Å². The zero-order valence-electron chi connectivity index (χ0n) is 20.9. The number of hydrogen-bond donors (Lipinski definition) is 1. The first-order chi connectivity index (χ1) is 17.0. The molecule has 0 bridgehead atoms. The van der Waals surface area contributed by atoms with Crippen LogP contribution in [0.25, 0.3) is 11.0 Å². The molecule has 1 saturated heterocycles. The van der Waals surface area contributed by atoms with Gasteiger partial charge >= 0.3 is 0 Å². The number of carbonyl (C=O) groups is 1. The van der Waals surface area contributed by atoms with Crippen LogP contribution in [0.4, 0.5) is 5.69 Å². The molecule has 8 heteroatoms. The van der Waals surface area contributed by atoms with E-state index >= 15 is 0 Å². The lowest BCUT2D eigenvalue weighted by Gasteiger charge is -2.41. The summed E-state index contributed by atoms with van der Waals surface area (Å²) in [6.45, 7) is 11.6. The highest BCUT2D eigenvalue weighted by Gasteiger charge is 2.23. The molecule has 186 valence electrons. The number of piperazine rings is 1. The average Bonchev–Trinajstić information content (AvgIpc) is 2.85. The maximum atomic E-state index is 12.8. The Morgan fingerprint density at radius 1 is 1.17 bits per heavy atom. The van der Waals surface area contributed by atoms with E-state index in [2.05, 4.69) is 58.2 Å². The molecule has 1 N–H and O–H groups in total. The molecule has 1 aromatic heterocycles. The van der Waals surface area contributed by atoms with Crippen LogP contribution in [-0.4, -0.2) is 64.9 Å². The molecule has 1 aliphatic rings. The molecule has 2 heterocycles. The number of para-hydroxylation sites is 2. The first-order valence-electron chi connectivity index (χ1n) is 12.4. The zero-order valence-corrected chi connectivity index (χ0v) is 21.7. The molecule has 35 heavy (non-hydrogen) atoms. The van der Waals surface area contributed by atoms with Crippen LogP contribution < -0.4 is 15.8 Å². The Hall–Kier alpha value is -2.84. The van der Waals surface area contributed by atoms with Crippen molar-refractivity contribution in [3.8, 4) is 0 Å². The van der Waals surface area contributed by atoms with E-state index in [0.29, 0.717) is 24.2 Å². The predicted octanol–water partition coefficient (Wildman–Crippen LogP) is 3.53. The number of fused-ring (bicyclic) bond motifs is 1. The van der Waals surface area contributed by atoms with Gasteiger partial charge in [-0.15, -0.1) is 0 Å². The third-order valence-electron chi connectivity index (χ3n) is 6.50. The highest BCUT2D eigenvalue weighted by atomic mass is 32.2. The monoisotopic (exact) mass is 493 g/mol. The van der Waals surface area contributed by atoms with Gasteiger partial charge in [0.1, 0.15) is 0 Å². The molecule has 4 rings (SSSR count). The summed E-state index contributed by atoms with van der Waals surface area (Å²) in [6, 6.07) is 16.8. The van der Waals surface area contributed by atoms with Crippen LogP contribution in [0, 0.1) is 6.92 Å². The number of amides is 1. The molecular formula is C27H35N5O2S. The van der Waals surface area contributed by atoms with Gasteiger partial charge in [-0.2, -0.15) is 0 Å². The Bertz CT molecular complexity index is 1230. The number of anilines is 1. The van der Waals surface area contributed by atoms with Crippen LogP contribution in [0.15, 0.2) is 58.4 Å². The third kappa shape index (κ3) is 6.24. The lowest BCUT2D eigenvalue weighted by atomic mass is 10.1. The number of aromatic nitrogens is 2. The number of nitrogens with zero attached hydrogens (tertiary/aromatic N) is 4. The van der Waals surface area contributed by atoms with Crippen LogP contribution in [0.2, 0.25) is 0 Å². The molecule has 0 spiro atoms. The maximum Gasteiger partial charge on any atom is 0.283 e. The number of aryl methyl sites for hydroxylation is 2. The first-order valence-corrected chi connectivity index (χ1v) is 13.4. The second-order valence-electron chi connectivity index (χ2n) is 9.13. The Morgan fingerprint density at radius 2 is 2.00 bits per heavy atom. The molecule has 7 nitrogen and oxygen atoms in total. The summed E-state index contributed by atoms with van der Waals surface area (Å²) in [5.41, 5.74) is 4.05. The van der Waals surface area contributed by atoms with Gasteiger partial charge in [-0.05, 0) is 63.6 Å². The molecule has 3 aromatic rings. The smallest absolute Gasteiger partial charge is 0.283 e. The fourth-order valence-corrected chi connectivity index (χ4v) is 5.49. The summed E-state index contributed by atoms with van der Waals surface area (Å²) in [5, 5.41) is 3.37. The maximum absolute atomic E-state index is 12.8. The van der Waals surface area contributed by atoms with Crippen molar-refractivity contribution in [3.63, 3.8) is 0 Å². The molecule has 1 aliphatic heterocycles. The van der Waals surface area contributed by atoms with Crippen molar-refractivity contribution in [2.24, 2.45) is 0 Å². The van der Waals surface area contributed by atoms with E-state index in [4.69, 9.17) is 0 Å². The molecule has 0 radical (unpaired) electrons. The quantitative estimate of drug-likeness (QED) is 0.363. The SMILES string of the molecule is CCn1c(=O)c(SCC(=O)NCCCN2CCN(c3cccc(C)c3)[C@@H](C)C2)nc2ccccc21. The van der Waals surface area contributed by atoms with Crippen LogP contribution in [0.5, 0.6) is 0 Å². The van der Waals surface area contributed by atoms with E-state index in [1.165, 1.54) is 23.0 Å². The fraction of sp³-hybridized carbons (Fsp3) is 0.444. The second kappa shape index (κ2) is 11.7. The van der Waals surface area contributed by atoms with E-state index in [-0.39, 0.29) is 17.2 Å². The molecule has 0 unspecified atom stereocenters. The van der Waals surface area contributed by atoms with Gasteiger partial charge in [0.05, 0.1) is 16.8 Å². The van der Waals surface area contributed by atoms with Gasteiger partial charge in [-0.25, -0.2) is 4.98 Å². The summed E-state index contributed by atoms with van der Waals surface area (Å²) in [4.78, 5) is 34.6. The van der Waals surface area contributed by atoms with Crippen LogP contribution in [-0.2, 0) is 11.3 Å². The fourth-order valence-electron chi connectivity index (χ4n) is 4.72. The Balaban J connectivity index is 1.20. The van der Waals surface area contributed by atoms with E-state index in [0.717, 1.165) is 43.6 Å². The number of hydrogen-bond acceptors (Lipinski definition) is 6. The predicted molar refractivity (Wildman–Crippen MR) is 144 cm³/mol. The Kier molecular flexibility index (Phi) is 8.46. The molecule has 2 aromatic carbocycles. The minimum Gasteiger partial charge on any atom is -0.366 e. The van der Waals surface area contributed by atoms with Crippen molar-refractivity contribution >= 4 is 34.4 Å². The summed E-state index contributed by atoms with van der Waals surface area (Å²) in [7, 11) is 0. The topological polar surface area (TPSA) is 70.5 Å². The van der Waals surface area contributed by atoms with Crippen molar-refractivity contribution in [2.45, 2.75) is 44.8 Å². The number of benzene rings is 2. The summed E-state index contributed by atoms with van der Waals surface area (Å²) < 4.78 is 1.71. The Labute approximate surface area is 211 Å². The van der Waals surface area contributed by atoms with Gasteiger partial charge < -0.3 is 14.8 Å². The van der Waals surface area contributed by atoms with Crippen molar-refractivity contribution < 1.29 is 4.79 Å². The number of nitrogens with one attached hydrogen (secondary N) is 1. The average molecular weight is 494 g/mol. The number of thioether (sulfide) groups is 1. The van der Waals surface area contributed by atoms with Crippen LogP contribution in [0.1, 0.15) is 25.8 Å². The highest BCUT2D eigenvalue weighted by molar-refractivity contribution is 7.99. The molecule has 0 saturated carbocycles. The van der Waals surface area contributed by atoms with Crippen LogP contribution in [0.3, 0.4) is 0 Å². The molecule has 1 atom stereocenters. The van der Waals surface area contributed by atoms with E-state index < -0.39 is 0 Å². The molecule has 0 aliphatic carbocycles. The van der Waals surface area contributed by atoms with Crippen molar-refractivity contribution in [3.05, 3.63) is 64.4 Å². The summed E-state index contributed by atoms with van der Waals surface area (Å²) in [5.74, 6) is 0.126. The lowest BCUT2D eigenvalue weighted by molar-refractivity contribution is -0.118. The minimum atomic E-state index is -0.136. The zero-order chi connectivity index (χ0) is 24.8. The Morgan fingerprint density at radius 3 is 2.77 bits per heavy atom. The van der Waals surface area contributed by atoms with E-state index in [1.54, 1.807) is 4.57 Å². The second-order valence-corrected chi connectivity index (χ2v) is 10.1. The van der Waals surface area contributed by atoms with Gasteiger partial charge in [-0.1, -0.05) is 36.0 Å².